The van der Waals surface area contributed by atoms with Crippen molar-refractivity contribution in [3.8, 4) is 0 Å². The smallest absolute Gasteiger partial charge is 0.223 e. The molecule has 0 aliphatic heterocycles. The van der Waals surface area contributed by atoms with E-state index in [4.69, 9.17) is 0 Å². The summed E-state index contributed by atoms with van der Waals surface area (Å²) in [5.74, 6) is 1.46. The van der Waals surface area contributed by atoms with Gasteiger partial charge in [-0.2, -0.15) is 0 Å². The minimum atomic E-state index is 0.290. The van der Waals surface area contributed by atoms with Crippen LogP contribution in [0.2, 0.25) is 0 Å². The van der Waals surface area contributed by atoms with Crippen LogP contribution in [0.25, 0.3) is 5.57 Å². The minimum absolute atomic E-state index is 0.290. The van der Waals surface area contributed by atoms with Crippen LogP contribution in [0.1, 0.15) is 71.1 Å². The van der Waals surface area contributed by atoms with Crippen LogP contribution in [-0.4, -0.2) is 26.7 Å². The second-order valence-electron chi connectivity index (χ2n) is 8.06. The molecule has 2 heterocycles. The van der Waals surface area contributed by atoms with E-state index in [1.54, 1.807) is 6.20 Å². The number of anilines is 1. The first-order valence-corrected chi connectivity index (χ1v) is 9.80. The molecule has 2 rings (SSSR count). The Morgan fingerprint density at radius 1 is 1.00 bits per heavy atom. The second-order valence-corrected chi connectivity index (χ2v) is 8.06. The van der Waals surface area contributed by atoms with E-state index in [-0.39, 0.29) is 6.04 Å². The molecule has 0 saturated carbocycles. The molecule has 0 fully saturated rings. The Morgan fingerprint density at radius 2 is 1.61 bits per heavy atom. The number of pyridine rings is 1. The van der Waals surface area contributed by atoms with Crippen LogP contribution in [0.3, 0.4) is 0 Å². The van der Waals surface area contributed by atoms with E-state index in [1.165, 1.54) is 0 Å². The lowest BCUT2D eigenvalue weighted by atomic mass is 10.0. The Labute approximate surface area is 170 Å². The van der Waals surface area contributed by atoms with Crippen LogP contribution in [0.4, 0.5) is 11.6 Å². The van der Waals surface area contributed by atoms with Gasteiger partial charge < -0.3 is 5.32 Å². The van der Waals surface area contributed by atoms with E-state index in [1.807, 2.05) is 39.8 Å². The summed E-state index contributed by atoms with van der Waals surface area (Å²) in [4.78, 5) is 18.0. The molecular formula is C23H35N5. The molecule has 5 heteroatoms. The molecule has 5 nitrogen and oxygen atoms in total. The first-order chi connectivity index (χ1) is 13.0. The molecule has 0 bridgehead atoms. The maximum atomic E-state index is 4.64. The lowest BCUT2D eigenvalue weighted by molar-refractivity contribution is 0.737. The highest BCUT2D eigenvalue weighted by Crippen LogP contribution is 2.25. The van der Waals surface area contributed by atoms with Gasteiger partial charge in [-0.25, -0.2) is 9.97 Å². The molecule has 0 spiro atoms. The zero-order chi connectivity index (χ0) is 21.4. The molecule has 1 N–H and O–H groups in total. The zero-order valence-electron chi connectivity index (χ0n) is 18.9. The summed E-state index contributed by atoms with van der Waals surface area (Å²) in [5, 5.41) is 3.20. The van der Waals surface area contributed by atoms with E-state index in [0.717, 1.165) is 45.5 Å². The van der Waals surface area contributed by atoms with Crippen LogP contribution in [-0.2, 0) is 0 Å². The molecule has 28 heavy (non-hydrogen) atoms. The predicted molar refractivity (Wildman–Crippen MR) is 122 cm³/mol. The zero-order valence-corrected chi connectivity index (χ0v) is 18.9. The Kier molecular flexibility index (Phi) is 8.97. The van der Waals surface area contributed by atoms with Crippen molar-refractivity contribution >= 4 is 22.9 Å². The third kappa shape index (κ3) is 7.59. The van der Waals surface area contributed by atoms with E-state index >= 15 is 0 Å². The standard InChI is InChI=1S/C19H25N5.C4H10/c1-11(2)21-18-9-8-17(23-15(18)7)13(5)16-10-20-19(22-12(3)4)24-14(16)6;1-4(2)3/h8-10,12H,5H2,1-4,6-7H3,(H,20,22,24);4H,1-3H3. The SMILES string of the molecule is C=C(c1ccc(N=C(C)C)c(C)n1)c1cnc(NC(C)C)nc1C.CC(C)C. The number of nitrogens with zero attached hydrogens (tertiary/aromatic N) is 4. The highest BCUT2D eigenvalue weighted by atomic mass is 15.1. The van der Waals surface area contributed by atoms with Crippen molar-refractivity contribution in [1.29, 1.82) is 0 Å². The van der Waals surface area contributed by atoms with Crippen molar-refractivity contribution < 1.29 is 0 Å². The minimum Gasteiger partial charge on any atom is -0.352 e. The predicted octanol–water partition coefficient (Wildman–Crippen LogP) is 6.14. The van der Waals surface area contributed by atoms with Crippen LogP contribution in [0.15, 0.2) is 29.9 Å². The van der Waals surface area contributed by atoms with Crippen molar-refractivity contribution in [2.75, 3.05) is 5.32 Å². The Morgan fingerprint density at radius 3 is 2.07 bits per heavy atom. The van der Waals surface area contributed by atoms with E-state index in [0.29, 0.717) is 5.95 Å². The monoisotopic (exact) mass is 381 g/mol. The lowest BCUT2D eigenvalue weighted by Gasteiger charge is -2.12. The third-order valence-corrected chi connectivity index (χ3v) is 3.43. The molecule has 152 valence electrons. The van der Waals surface area contributed by atoms with Gasteiger partial charge in [-0.3, -0.25) is 9.98 Å². The number of aliphatic imine (C=N–C) groups is 1. The van der Waals surface area contributed by atoms with Crippen LogP contribution in [0.5, 0.6) is 0 Å². The highest BCUT2D eigenvalue weighted by Gasteiger charge is 2.11. The summed E-state index contributed by atoms with van der Waals surface area (Å²) >= 11 is 0. The number of nitrogens with one attached hydrogen (secondary N) is 1. The molecule has 0 radical (unpaired) electrons. The fourth-order valence-corrected chi connectivity index (χ4v) is 2.31. The average Bonchev–Trinajstić information content (AvgIpc) is 2.55. The summed E-state index contributed by atoms with van der Waals surface area (Å²) in [6.45, 7) is 22.6. The Hall–Kier alpha value is -2.56. The van der Waals surface area contributed by atoms with Gasteiger partial charge in [0, 0.05) is 29.1 Å². The van der Waals surface area contributed by atoms with Gasteiger partial charge in [-0.1, -0.05) is 27.4 Å². The third-order valence-electron chi connectivity index (χ3n) is 3.43. The lowest BCUT2D eigenvalue weighted by Crippen LogP contribution is -2.13. The molecule has 2 aromatic heterocycles. The van der Waals surface area contributed by atoms with Gasteiger partial charge in [-0.15, -0.1) is 0 Å². The van der Waals surface area contributed by atoms with Gasteiger partial charge in [-0.05, 0) is 59.6 Å². The number of aromatic nitrogens is 3. The quantitative estimate of drug-likeness (QED) is 0.631. The largest absolute Gasteiger partial charge is 0.352 e. The van der Waals surface area contributed by atoms with Gasteiger partial charge >= 0.3 is 0 Å². The summed E-state index contributed by atoms with van der Waals surface area (Å²) < 4.78 is 0. The fraction of sp³-hybridized carbons (Fsp3) is 0.478. The van der Waals surface area contributed by atoms with Crippen molar-refractivity contribution in [1.82, 2.24) is 15.0 Å². The second kappa shape index (κ2) is 10.7. The van der Waals surface area contributed by atoms with Gasteiger partial charge in [0.15, 0.2) is 0 Å². The molecule has 0 atom stereocenters. The van der Waals surface area contributed by atoms with Crippen molar-refractivity contribution in [2.24, 2.45) is 10.9 Å². The molecule has 0 aromatic carbocycles. The molecule has 0 amide bonds. The number of hydrogen-bond acceptors (Lipinski definition) is 5. The van der Waals surface area contributed by atoms with Crippen molar-refractivity contribution in [3.63, 3.8) is 0 Å². The fourth-order valence-electron chi connectivity index (χ4n) is 2.31. The average molecular weight is 382 g/mol. The maximum Gasteiger partial charge on any atom is 0.223 e. The number of rotatable bonds is 5. The molecule has 2 aromatic rings. The maximum absolute atomic E-state index is 4.64. The molecule has 0 unspecified atom stereocenters. The highest BCUT2D eigenvalue weighted by molar-refractivity contribution is 5.83. The Bertz CT molecular complexity index is 828. The van der Waals surface area contributed by atoms with E-state index in [9.17, 15) is 0 Å². The van der Waals surface area contributed by atoms with Crippen LogP contribution in [0, 0.1) is 19.8 Å². The Balaban J connectivity index is 0.000000892. The van der Waals surface area contributed by atoms with E-state index < -0.39 is 0 Å². The van der Waals surface area contributed by atoms with Gasteiger partial charge in [0.05, 0.1) is 22.8 Å². The van der Waals surface area contributed by atoms with Crippen molar-refractivity contribution in [3.05, 3.63) is 47.6 Å². The molecule has 0 aliphatic rings. The van der Waals surface area contributed by atoms with Gasteiger partial charge in [0.25, 0.3) is 0 Å². The van der Waals surface area contributed by atoms with Gasteiger partial charge in [0.1, 0.15) is 0 Å². The van der Waals surface area contributed by atoms with Crippen LogP contribution < -0.4 is 5.32 Å². The van der Waals surface area contributed by atoms with Gasteiger partial charge in [0.2, 0.25) is 5.95 Å². The van der Waals surface area contributed by atoms with Crippen molar-refractivity contribution in [2.45, 2.75) is 68.4 Å². The van der Waals surface area contributed by atoms with Crippen LogP contribution >= 0.6 is 0 Å². The summed E-state index contributed by atoms with van der Waals surface area (Å²) in [6, 6.07) is 4.20. The summed E-state index contributed by atoms with van der Waals surface area (Å²) in [6.07, 6.45) is 1.80. The summed E-state index contributed by atoms with van der Waals surface area (Å²) in [7, 11) is 0. The molecule has 0 saturated heterocycles. The first-order valence-electron chi connectivity index (χ1n) is 9.80. The van der Waals surface area contributed by atoms with E-state index in [2.05, 4.69) is 66.5 Å². The molecular weight excluding hydrogens is 346 g/mol. The number of hydrogen-bond donors (Lipinski definition) is 1. The first kappa shape index (κ1) is 23.5. The summed E-state index contributed by atoms with van der Waals surface area (Å²) in [5.41, 5.74) is 6.18. The topological polar surface area (TPSA) is 63.1 Å². The number of aryl methyl sites for hydroxylation is 2. The normalized spacial score (nSPS) is 10.4. The molecule has 0 aliphatic carbocycles.